The molecule has 0 fully saturated rings. The van der Waals surface area contributed by atoms with Crippen LogP contribution in [-0.4, -0.2) is 30.2 Å². The van der Waals surface area contributed by atoms with Gasteiger partial charge in [-0.15, -0.1) is 0 Å². The summed E-state index contributed by atoms with van der Waals surface area (Å²) in [6.45, 7) is 0. The van der Waals surface area contributed by atoms with E-state index in [1.54, 1.807) is 12.1 Å². The van der Waals surface area contributed by atoms with E-state index >= 15 is 0 Å². The standard InChI is InChI=1S/C8H7N4O2S/c1-15(13,14)7-4-2-6(3-5-7)8-9-11-12-10-8/h2-5H,1H3/q-1. The third kappa shape index (κ3) is 2.01. The van der Waals surface area contributed by atoms with E-state index in [2.05, 4.69) is 20.6 Å². The number of sulfone groups is 1. The van der Waals surface area contributed by atoms with Crippen LogP contribution in [0.25, 0.3) is 11.4 Å². The van der Waals surface area contributed by atoms with Crippen molar-refractivity contribution < 1.29 is 8.42 Å². The number of hydrogen-bond acceptors (Lipinski definition) is 5. The first-order chi connectivity index (χ1) is 7.07. The molecule has 0 bridgehead atoms. The summed E-state index contributed by atoms with van der Waals surface area (Å²) in [4.78, 5) is 0.263. The van der Waals surface area contributed by atoms with Gasteiger partial charge >= 0.3 is 0 Å². The van der Waals surface area contributed by atoms with Gasteiger partial charge in [-0.25, -0.2) is 8.42 Å². The van der Waals surface area contributed by atoms with Crippen molar-refractivity contribution >= 4 is 9.84 Å². The lowest BCUT2D eigenvalue weighted by molar-refractivity contribution is 0.602. The highest BCUT2D eigenvalue weighted by molar-refractivity contribution is 7.90. The summed E-state index contributed by atoms with van der Waals surface area (Å²) in [6, 6.07) is 6.24. The molecular formula is C8H7N4O2S-. The van der Waals surface area contributed by atoms with Crippen LogP contribution in [-0.2, 0) is 9.84 Å². The third-order valence-corrected chi connectivity index (χ3v) is 2.99. The molecule has 0 amide bonds. The predicted molar refractivity (Wildman–Crippen MR) is 51.7 cm³/mol. The molecule has 0 atom stereocenters. The molecule has 0 aliphatic rings. The Morgan fingerprint density at radius 3 is 2.33 bits per heavy atom. The van der Waals surface area contributed by atoms with Crippen molar-refractivity contribution in [3.63, 3.8) is 0 Å². The zero-order valence-electron chi connectivity index (χ0n) is 7.82. The second kappa shape index (κ2) is 3.43. The molecule has 2 aromatic rings. The van der Waals surface area contributed by atoms with Gasteiger partial charge in [-0.1, -0.05) is 12.1 Å². The van der Waals surface area contributed by atoms with Crippen LogP contribution in [0.4, 0.5) is 0 Å². The van der Waals surface area contributed by atoms with Crippen LogP contribution in [0.5, 0.6) is 0 Å². The summed E-state index contributed by atoms with van der Waals surface area (Å²) < 4.78 is 22.3. The highest BCUT2D eigenvalue weighted by Crippen LogP contribution is 2.16. The topological polar surface area (TPSA) is 86.9 Å². The van der Waals surface area contributed by atoms with Gasteiger partial charge in [0.15, 0.2) is 9.84 Å². The Labute approximate surface area is 86.3 Å². The normalized spacial score (nSPS) is 11.5. The Hall–Kier alpha value is -1.76. The molecule has 7 heteroatoms. The van der Waals surface area contributed by atoms with Gasteiger partial charge in [-0.3, -0.25) is 10.3 Å². The molecule has 0 spiro atoms. The number of rotatable bonds is 2. The van der Waals surface area contributed by atoms with Crippen LogP contribution >= 0.6 is 0 Å². The molecule has 1 aromatic carbocycles. The Bertz CT molecular complexity index is 545. The maximum atomic E-state index is 11.2. The lowest BCUT2D eigenvalue weighted by Crippen LogP contribution is -1.96. The summed E-state index contributed by atoms with van der Waals surface area (Å²) in [5.74, 6) is 0.384. The fourth-order valence-corrected chi connectivity index (χ4v) is 1.74. The summed E-state index contributed by atoms with van der Waals surface area (Å²) >= 11 is 0. The highest BCUT2D eigenvalue weighted by Gasteiger charge is 2.06. The van der Waals surface area contributed by atoms with E-state index in [1.807, 2.05) is 0 Å². The van der Waals surface area contributed by atoms with Gasteiger partial charge in [0.2, 0.25) is 0 Å². The van der Waals surface area contributed by atoms with Gasteiger partial charge in [0.25, 0.3) is 0 Å². The van der Waals surface area contributed by atoms with Gasteiger partial charge in [-0.2, -0.15) is 5.21 Å². The van der Waals surface area contributed by atoms with E-state index in [-0.39, 0.29) is 4.90 Å². The molecule has 6 nitrogen and oxygen atoms in total. The van der Waals surface area contributed by atoms with Gasteiger partial charge in [0.1, 0.15) is 0 Å². The molecule has 15 heavy (non-hydrogen) atoms. The SMILES string of the molecule is CS(=O)(=O)c1ccc(-c2nnn[n-]2)cc1. The number of tetrazole rings is 1. The summed E-state index contributed by atoms with van der Waals surface area (Å²) in [6.07, 6.45) is 1.16. The van der Waals surface area contributed by atoms with Crippen molar-refractivity contribution in [2.45, 2.75) is 4.90 Å². The first-order valence-corrected chi connectivity index (χ1v) is 5.96. The summed E-state index contributed by atoms with van der Waals surface area (Å²) in [5.41, 5.74) is 0.687. The first kappa shape index (κ1) is 9.78. The molecule has 1 aromatic heterocycles. The molecule has 0 radical (unpaired) electrons. The molecular weight excluding hydrogens is 216 g/mol. The molecule has 0 unspecified atom stereocenters. The molecule has 0 aliphatic heterocycles. The highest BCUT2D eigenvalue weighted by atomic mass is 32.2. The molecule has 0 N–H and O–H groups in total. The lowest BCUT2D eigenvalue weighted by Gasteiger charge is -2.01. The van der Waals surface area contributed by atoms with Crippen LogP contribution in [0.1, 0.15) is 0 Å². The maximum Gasteiger partial charge on any atom is 0.175 e. The second-order valence-corrected chi connectivity index (χ2v) is 5.01. The monoisotopic (exact) mass is 223 g/mol. The van der Waals surface area contributed by atoms with E-state index in [4.69, 9.17) is 0 Å². The number of hydrogen-bond donors (Lipinski definition) is 0. The molecule has 0 aliphatic carbocycles. The Morgan fingerprint density at radius 1 is 1.20 bits per heavy atom. The van der Waals surface area contributed by atoms with Crippen molar-refractivity contribution in [2.24, 2.45) is 0 Å². The summed E-state index contributed by atoms with van der Waals surface area (Å²) in [5, 5.41) is 14.0. The minimum Gasteiger partial charge on any atom is -0.330 e. The zero-order valence-corrected chi connectivity index (χ0v) is 8.64. The minimum absolute atomic E-state index is 0.263. The average molecular weight is 223 g/mol. The van der Waals surface area contributed by atoms with E-state index < -0.39 is 9.84 Å². The van der Waals surface area contributed by atoms with Crippen molar-refractivity contribution in [3.8, 4) is 11.4 Å². The van der Waals surface area contributed by atoms with Crippen LogP contribution < -0.4 is 5.10 Å². The van der Waals surface area contributed by atoms with Crippen LogP contribution in [0.15, 0.2) is 29.2 Å². The van der Waals surface area contributed by atoms with Crippen molar-refractivity contribution in [1.29, 1.82) is 0 Å². The lowest BCUT2D eigenvalue weighted by atomic mass is 10.2. The Morgan fingerprint density at radius 2 is 1.87 bits per heavy atom. The quantitative estimate of drug-likeness (QED) is 0.706. The van der Waals surface area contributed by atoms with E-state index in [1.165, 1.54) is 12.1 Å². The third-order valence-electron chi connectivity index (χ3n) is 1.86. The average Bonchev–Trinajstić information content (AvgIpc) is 2.69. The fourth-order valence-electron chi connectivity index (χ4n) is 1.11. The predicted octanol–water partition coefficient (Wildman–Crippen LogP) is -0.101. The van der Waals surface area contributed by atoms with Crippen molar-refractivity contribution in [3.05, 3.63) is 24.3 Å². The van der Waals surface area contributed by atoms with Crippen LogP contribution in [0, 0.1) is 0 Å². The smallest absolute Gasteiger partial charge is 0.175 e. The largest absolute Gasteiger partial charge is 0.330 e. The van der Waals surface area contributed by atoms with Gasteiger partial charge in [0, 0.05) is 12.1 Å². The van der Waals surface area contributed by atoms with Crippen LogP contribution in [0.3, 0.4) is 0 Å². The zero-order chi connectivity index (χ0) is 10.9. The molecule has 2 rings (SSSR count). The molecule has 0 saturated heterocycles. The minimum atomic E-state index is -3.16. The molecule has 78 valence electrons. The van der Waals surface area contributed by atoms with Crippen molar-refractivity contribution in [2.75, 3.05) is 6.26 Å². The van der Waals surface area contributed by atoms with E-state index in [9.17, 15) is 8.42 Å². The maximum absolute atomic E-state index is 11.2. The van der Waals surface area contributed by atoms with Crippen molar-refractivity contribution in [1.82, 2.24) is 20.6 Å². The van der Waals surface area contributed by atoms with Gasteiger partial charge in [0.05, 0.1) is 4.90 Å². The number of aromatic nitrogens is 4. The van der Waals surface area contributed by atoms with Crippen LogP contribution in [0.2, 0.25) is 0 Å². The number of benzene rings is 1. The first-order valence-electron chi connectivity index (χ1n) is 4.06. The second-order valence-electron chi connectivity index (χ2n) is 3.00. The van der Waals surface area contributed by atoms with Gasteiger partial charge in [-0.05, 0) is 17.7 Å². The fraction of sp³-hybridized carbons (Fsp3) is 0.125. The summed E-state index contributed by atoms with van der Waals surface area (Å²) in [7, 11) is -3.16. The van der Waals surface area contributed by atoms with E-state index in [0.29, 0.717) is 11.4 Å². The van der Waals surface area contributed by atoms with E-state index in [0.717, 1.165) is 6.26 Å². The van der Waals surface area contributed by atoms with Gasteiger partial charge < -0.3 is 5.10 Å². The number of nitrogens with zero attached hydrogens (tertiary/aromatic N) is 4. The molecule has 1 heterocycles. The Balaban J connectivity index is 2.42. The molecule has 0 saturated carbocycles. The Kier molecular flexibility index (Phi) is 2.24.